The molecule has 9 aromatic rings. The number of aryl methyl sites for hydroxylation is 10. The van der Waals surface area contributed by atoms with Crippen molar-refractivity contribution in [2.45, 2.75) is 75.4 Å². The highest BCUT2D eigenvalue weighted by molar-refractivity contribution is 9.10. The molecule has 8 nitrogen and oxygen atoms in total. The molecule has 0 aliphatic carbocycles. The molecule has 0 aromatic heterocycles. The molecule has 0 aliphatic heterocycles. The van der Waals surface area contributed by atoms with Crippen molar-refractivity contribution in [2.75, 3.05) is 49.8 Å². The summed E-state index contributed by atoms with van der Waals surface area (Å²) in [5, 5.41) is 9.91. The van der Waals surface area contributed by atoms with Crippen LogP contribution < -0.4 is 33.2 Å². The third-order valence-electron chi connectivity index (χ3n) is 11.6. The number of methoxy groups -OCH3 is 7. The van der Waals surface area contributed by atoms with Gasteiger partial charge in [0.05, 0.1) is 55.3 Å². The Labute approximate surface area is 522 Å². The molecule has 0 radical (unpaired) electrons. The third kappa shape index (κ3) is 32.8. The Kier molecular flexibility index (Phi) is 36.9. The molecule has 0 bridgehead atoms. The van der Waals surface area contributed by atoms with Crippen molar-refractivity contribution in [3.63, 3.8) is 0 Å². The zero-order valence-electron chi connectivity index (χ0n) is 52.5. The maximum Gasteiger partial charge on any atom is 0.416 e. The lowest BCUT2D eigenvalue weighted by atomic mass is 10.1. The van der Waals surface area contributed by atoms with Gasteiger partial charge in [0.15, 0.2) is 34.5 Å². The molecule has 9 rings (SSSR count). The van der Waals surface area contributed by atoms with Gasteiger partial charge in [0.1, 0.15) is 11.6 Å². The summed E-state index contributed by atoms with van der Waals surface area (Å²) in [6.45, 7) is 20.0. The molecule has 0 spiro atoms. The van der Waals surface area contributed by atoms with Gasteiger partial charge in [-0.1, -0.05) is 164 Å². The number of alkyl halides is 3. The fourth-order valence-corrected chi connectivity index (χ4v) is 6.98. The predicted octanol–water partition coefficient (Wildman–Crippen LogP) is 20.6. The zero-order valence-corrected chi connectivity index (χ0v) is 54.9. The minimum Gasteiger partial charge on any atom is -0.504 e. The third-order valence-corrected chi connectivity index (χ3v) is 12.4. The van der Waals surface area contributed by atoms with Crippen molar-refractivity contribution < 1.29 is 55.8 Å². The van der Waals surface area contributed by atoms with E-state index >= 15 is 0 Å². The van der Waals surface area contributed by atoms with E-state index in [1.54, 1.807) is 73.8 Å². The fraction of sp³-hybridized carbons (Fsp3) is 0.250. The molecule has 86 heavy (non-hydrogen) atoms. The second-order valence-corrected chi connectivity index (χ2v) is 20.5. The number of hydrogen-bond acceptors (Lipinski definition) is 8. The predicted molar refractivity (Wildman–Crippen MR) is 351 cm³/mol. The largest absolute Gasteiger partial charge is 0.504 e. The normalized spacial score (nSPS) is 9.62. The Morgan fingerprint density at radius 3 is 0.977 bits per heavy atom. The minimum atomic E-state index is -4.21. The molecular formula is C72H84BrClF4O8. The van der Waals surface area contributed by atoms with Crippen LogP contribution in [-0.2, 0) is 6.18 Å². The van der Waals surface area contributed by atoms with Crippen molar-refractivity contribution >= 4 is 27.5 Å². The lowest BCUT2D eigenvalue weighted by Crippen LogP contribution is -2.03. The SMILES string of the molecule is COc1cc(C)cc(OC)c1OC.COc1cc(C)ccc1O.COc1ccc(C)cc1.COc1ccc(C)cc1OC.Cc1ccc(Br)cc1.Cc1ccc(C(F)(F)F)cc1.Cc1ccc(C)cc1.Cc1ccc(Cl)cc1.Cc1ccc(F)cc1. The van der Waals surface area contributed by atoms with Gasteiger partial charge in [-0.2, -0.15) is 13.2 Å². The quantitative estimate of drug-likeness (QED) is 0.158. The topological polar surface area (TPSA) is 84.8 Å². The summed E-state index contributed by atoms with van der Waals surface area (Å²) in [6, 6.07) is 58.7. The Hall–Kier alpha value is -8.13. The first kappa shape index (κ1) is 75.9. The highest BCUT2D eigenvalue weighted by Gasteiger charge is 2.29. The average Bonchev–Trinajstić information content (AvgIpc) is 3.68. The number of halogens is 6. The van der Waals surface area contributed by atoms with E-state index in [9.17, 15) is 17.6 Å². The summed E-state index contributed by atoms with van der Waals surface area (Å²) in [7, 11) is 11.3. The highest BCUT2D eigenvalue weighted by Crippen LogP contribution is 2.38. The van der Waals surface area contributed by atoms with Crippen molar-refractivity contribution in [2.24, 2.45) is 0 Å². The first-order valence-corrected chi connectivity index (χ1v) is 28.1. The summed E-state index contributed by atoms with van der Waals surface area (Å²) in [5.41, 5.74) is 11.1. The smallest absolute Gasteiger partial charge is 0.416 e. The van der Waals surface area contributed by atoms with Crippen LogP contribution in [0.5, 0.6) is 46.0 Å². The van der Waals surface area contributed by atoms with Gasteiger partial charge in [-0.05, 0) is 183 Å². The van der Waals surface area contributed by atoms with Gasteiger partial charge in [-0.25, -0.2) is 4.39 Å². The van der Waals surface area contributed by atoms with Crippen LogP contribution in [0.4, 0.5) is 17.6 Å². The summed E-state index contributed by atoms with van der Waals surface area (Å²) < 4.78 is 84.5. The number of ether oxygens (including phenoxy) is 7. The van der Waals surface area contributed by atoms with E-state index in [-0.39, 0.29) is 11.6 Å². The van der Waals surface area contributed by atoms with Crippen LogP contribution >= 0.6 is 27.5 Å². The second-order valence-electron chi connectivity index (χ2n) is 19.2. The molecule has 462 valence electrons. The molecule has 0 aliphatic rings. The van der Waals surface area contributed by atoms with Gasteiger partial charge in [0.2, 0.25) is 5.75 Å². The maximum absolute atomic E-state index is 12.1. The molecule has 14 heteroatoms. The van der Waals surface area contributed by atoms with Crippen molar-refractivity contribution in [1.82, 2.24) is 0 Å². The lowest BCUT2D eigenvalue weighted by Gasteiger charge is -2.12. The molecule has 0 saturated carbocycles. The number of aromatic hydroxyl groups is 1. The van der Waals surface area contributed by atoms with E-state index in [4.69, 9.17) is 49.9 Å². The average molecular weight is 1270 g/mol. The van der Waals surface area contributed by atoms with Crippen LogP contribution in [-0.4, -0.2) is 54.9 Å². The van der Waals surface area contributed by atoms with Gasteiger partial charge in [-0.15, -0.1) is 0 Å². The molecule has 0 unspecified atom stereocenters. The van der Waals surface area contributed by atoms with E-state index in [0.717, 1.165) is 61.1 Å². The van der Waals surface area contributed by atoms with Gasteiger partial charge < -0.3 is 38.3 Å². The Bertz CT molecular complexity index is 2970. The Morgan fingerprint density at radius 2 is 0.651 bits per heavy atom. The monoisotopic (exact) mass is 1270 g/mol. The van der Waals surface area contributed by atoms with Crippen LogP contribution in [0, 0.1) is 75.1 Å². The van der Waals surface area contributed by atoms with Gasteiger partial charge >= 0.3 is 6.18 Å². The first-order chi connectivity index (χ1) is 40.7. The maximum atomic E-state index is 12.1. The number of benzene rings is 9. The number of rotatable bonds is 7. The molecule has 9 aromatic carbocycles. The van der Waals surface area contributed by atoms with E-state index < -0.39 is 11.7 Å². The van der Waals surface area contributed by atoms with E-state index in [0.29, 0.717) is 23.0 Å². The van der Waals surface area contributed by atoms with Gasteiger partial charge in [0, 0.05) is 9.50 Å². The molecule has 0 fully saturated rings. The summed E-state index contributed by atoms with van der Waals surface area (Å²) in [4.78, 5) is 0. The van der Waals surface area contributed by atoms with E-state index in [2.05, 4.69) is 80.0 Å². The van der Waals surface area contributed by atoms with Crippen LogP contribution in [0.15, 0.2) is 199 Å². The Morgan fingerprint density at radius 1 is 0.337 bits per heavy atom. The molecule has 0 amide bonds. The van der Waals surface area contributed by atoms with E-state index in [1.165, 1.54) is 64.8 Å². The highest BCUT2D eigenvalue weighted by atomic mass is 79.9. The summed E-state index contributed by atoms with van der Waals surface area (Å²) >= 11 is 8.96. The molecule has 0 saturated heterocycles. The number of hydrogen-bond donors (Lipinski definition) is 1. The van der Waals surface area contributed by atoms with Crippen LogP contribution in [0.2, 0.25) is 5.02 Å². The number of phenols is 1. The van der Waals surface area contributed by atoms with Crippen LogP contribution in [0.3, 0.4) is 0 Å². The summed E-state index contributed by atoms with van der Waals surface area (Å²) in [5.74, 6) is 5.05. The van der Waals surface area contributed by atoms with Crippen molar-refractivity contribution in [3.8, 4) is 46.0 Å². The fourth-order valence-electron chi connectivity index (χ4n) is 6.59. The standard InChI is InChI=1S/C10H14O3.C9H12O2.C8H7F3.C8H10O2.C8H10O.C8H10.C7H7Br.C7H7Cl.C7H7F/c1-7-5-8(11-2)10(13-4)9(6-7)12-3;1-7-4-5-8(10-2)9(6-7)11-3;1-6-2-4-7(5-3-6)8(9,10)11;1-6-3-4-7(9)8(5-6)10-2;1-7-3-5-8(9-2)6-4-7;1-7-3-5-8(2)6-4-7;3*1-6-2-4-7(8)5-3-6/h5-6H,1-4H3;4-6H,1-3H3;2-5H,1H3;3-5,9H,1-2H3;3-6H,1-2H3;3-6H,1-2H3;3*2-5H,1H3. The Balaban J connectivity index is 0.000000486. The lowest BCUT2D eigenvalue weighted by molar-refractivity contribution is -0.137. The molecule has 0 atom stereocenters. The van der Waals surface area contributed by atoms with Gasteiger partial charge in [-0.3, -0.25) is 0 Å². The zero-order chi connectivity index (χ0) is 64.8. The summed E-state index contributed by atoms with van der Waals surface area (Å²) in [6.07, 6.45) is -4.21. The van der Waals surface area contributed by atoms with Crippen molar-refractivity contribution in [1.29, 1.82) is 0 Å². The van der Waals surface area contributed by atoms with Crippen LogP contribution in [0.1, 0.15) is 61.2 Å². The second kappa shape index (κ2) is 41.8. The molecule has 0 heterocycles. The van der Waals surface area contributed by atoms with Crippen molar-refractivity contribution in [3.05, 3.63) is 271 Å². The van der Waals surface area contributed by atoms with Gasteiger partial charge in [0.25, 0.3) is 0 Å². The number of phenolic OH excluding ortho intramolecular Hbond substituents is 1. The van der Waals surface area contributed by atoms with Crippen LogP contribution in [0.25, 0.3) is 0 Å². The molecular weight excluding hydrogens is 1180 g/mol. The molecule has 1 N–H and O–H groups in total. The van der Waals surface area contributed by atoms with E-state index in [1.807, 2.05) is 132 Å². The minimum absolute atomic E-state index is 0.171. The first-order valence-electron chi connectivity index (χ1n) is 27.0.